The Hall–Kier alpha value is -4.25. The maximum Gasteiger partial charge on any atom is 0.233 e. The summed E-state index contributed by atoms with van der Waals surface area (Å²) in [7, 11) is 3.73. The Kier molecular flexibility index (Phi) is 4.59. The third-order valence-electron chi connectivity index (χ3n) is 6.01. The standard InChI is InChI=1S/C27H20N2O3/c1-28-19(13-11-17-7-3-5-9-23(17)28)15-21-25(30)22(27(32)26(21)31)16-20-14-12-18-8-4-6-10-24(18)29(20)2/h3-16H,1-2H3. The van der Waals surface area contributed by atoms with E-state index in [0.29, 0.717) is 11.4 Å². The molecule has 1 aliphatic heterocycles. The molecule has 156 valence electrons. The van der Waals surface area contributed by atoms with Crippen molar-refractivity contribution >= 4 is 40.3 Å². The van der Waals surface area contributed by atoms with Gasteiger partial charge in [0.15, 0.2) is 0 Å². The van der Waals surface area contributed by atoms with Gasteiger partial charge in [0.05, 0.1) is 0 Å². The fourth-order valence-electron chi connectivity index (χ4n) is 4.16. The minimum Gasteiger partial charge on any atom is -0.871 e. The number of benzene rings is 2. The highest BCUT2D eigenvalue weighted by Gasteiger charge is 2.31. The monoisotopic (exact) mass is 420 g/mol. The van der Waals surface area contributed by atoms with Crippen LogP contribution >= 0.6 is 0 Å². The molecule has 5 nitrogen and oxygen atoms in total. The Labute approximate surface area is 185 Å². The topological polar surface area (TPSA) is 64.3 Å². The minimum atomic E-state index is -0.766. The molecule has 1 aliphatic carbocycles. The largest absolute Gasteiger partial charge is 0.871 e. The summed E-state index contributed by atoms with van der Waals surface area (Å²) in [6.07, 6.45) is 6.79. The van der Waals surface area contributed by atoms with Gasteiger partial charge in [0, 0.05) is 53.2 Å². The first-order chi connectivity index (χ1) is 15.5. The molecule has 0 spiro atoms. The number of allylic oxidation sites excluding steroid dienone is 4. The first-order valence-corrected chi connectivity index (χ1v) is 10.3. The van der Waals surface area contributed by atoms with Crippen molar-refractivity contribution in [3.63, 3.8) is 0 Å². The molecule has 0 bridgehead atoms. The molecule has 2 aromatic carbocycles. The average molecular weight is 420 g/mol. The number of hydrogen-bond donors (Lipinski definition) is 0. The van der Waals surface area contributed by atoms with Crippen molar-refractivity contribution in [2.24, 2.45) is 7.05 Å². The van der Waals surface area contributed by atoms with Crippen molar-refractivity contribution in [1.29, 1.82) is 0 Å². The van der Waals surface area contributed by atoms with Gasteiger partial charge in [-0.15, -0.1) is 0 Å². The zero-order chi connectivity index (χ0) is 22.4. The Bertz CT molecular complexity index is 1440. The summed E-state index contributed by atoms with van der Waals surface area (Å²) in [5.74, 6) is -2.07. The number of carbonyl (C=O) groups is 2. The van der Waals surface area contributed by atoms with Gasteiger partial charge >= 0.3 is 0 Å². The molecule has 0 unspecified atom stereocenters. The molecule has 0 saturated carbocycles. The summed E-state index contributed by atoms with van der Waals surface area (Å²) in [6, 6.07) is 19.4. The van der Waals surface area contributed by atoms with Crippen LogP contribution in [0.5, 0.6) is 0 Å². The van der Waals surface area contributed by atoms with E-state index >= 15 is 0 Å². The van der Waals surface area contributed by atoms with Crippen LogP contribution in [-0.4, -0.2) is 18.6 Å². The molecular formula is C27H20N2O3. The van der Waals surface area contributed by atoms with E-state index in [9.17, 15) is 14.7 Å². The second-order valence-corrected chi connectivity index (χ2v) is 7.86. The smallest absolute Gasteiger partial charge is 0.233 e. The van der Waals surface area contributed by atoms with E-state index in [1.165, 1.54) is 12.2 Å². The predicted octanol–water partition coefficient (Wildman–Crippen LogP) is 2.86. The molecule has 5 rings (SSSR count). The van der Waals surface area contributed by atoms with Crippen molar-refractivity contribution in [2.75, 3.05) is 11.9 Å². The summed E-state index contributed by atoms with van der Waals surface area (Å²) < 4.78 is 1.90. The third-order valence-corrected chi connectivity index (χ3v) is 6.01. The second kappa shape index (κ2) is 7.46. The number of likely N-dealkylation sites (N-methyl/N-ethyl adjacent to an activating group) is 1. The van der Waals surface area contributed by atoms with Crippen LogP contribution in [0.25, 0.3) is 23.1 Å². The molecule has 2 heterocycles. The van der Waals surface area contributed by atoms with E-state index in [2.05, 4.69) is 0 Å². The number of fused-ring (bicyclic) bond motifs is 2. The van der Waals surface area contributed by atoms with Crippen LogP contribution in [0.4, 0.5) is 5.69 Å². The van der Waals surface area contributed by atoms with E-state index < -0.39 is 17.3 Å². The predicted molar refractivity (Wildman–Crippen MR) is 122 cm³/mol. The van der Waals surface area contributed by atoms with Gasteiger partial charge in [-0.25, -0.2) is 0 Å². The number of anilines is 1. The summed E-state index contributed by atoms with van der Waals surface area (Å²) >= 11 is 0. The highest BCUT2D eigenvalue weighted by molar-refractivity contribution is 6.54. The Balaban J connectivity index is 1.58. The van der Waals surface area contributed by atoms with Crippen molar-refractivity contribution < 1.29 is 19.3 Å². The Morgan fingerprint density at radius 1 is 0.875 bits per heavy atom. The SMILES string of the molecule is CN1/C(=C/C2=C([O-])C(=C/c3ccc4ccccc4[n+]3C)/C(=O)C2=O)C=Cc2ccccc21. The second-order valence-electron chi connectivity index (χ2n) is 7.86. The molecule has 0 fully saturated rings. The summed E-state index contributed by atoms with van der Waals surface area (Å²) in [5.41, 5.74) is 4.11. The molecule has 5 heteroatoms. The fraction of sp³-hybridized carbons (Fsp3) is 0.0741. The third kappa shape index (κ3) is 3.06. The van der Waals surface area contributed by atoms with Gasteiger partial charge in [-0.2, -0.15) is 4.57 Å². The molecule has 3 aromatic rings. The van der Waals surface area contributed by atoms with E-state index in [-0.39, 0.29) is 11.1 Å². The van der Waals surface area contributed by atoms with Crippen LogP contribution in [-0.2, 0) is 16.6 Å². The number of rotatable bonds is 2. The number of carbonyl (C=O) groups excluding carboxylic acids is 2. The molecule has 0 atom stereocenters. The summed E-state index contributed by atoms with van der Waals surface area (Å²) in [4.78, 5) is 27.3. The molecule has 2 aliphatic rings. The van der Waals surface area contributed by atoms with Crippen molar-refractivity contribution in [3.8, 4) is 0 Å². The van der Waals surface area contributed by atoms with Crippen LogP contribution < -0.4 is 14.6 Å². The minimum absolute atomic E-state index is 0.101. The summed E-state index contributed by atoms with van der Waals surface area (Å²) in [6.45, 7) is 0. The van der Waals surface area contributed by atoms with E-state index in [1.54, 1.807) is 0 Å². The van der Waals surface area contributed by atoms with Crippen LogP contribution in [0, 0.1) is 0 Å². The van der Waals surface area contributed by atoms with Gasteiger partial charge in [0.1, 0.15) is 7.05 Å². The Morgan fingerprint density at radius 2 is 1.62 bits per heavy atom. The van der Waals surface area contributed by atoms with Crippen LogP contribution in [0.3, 0.4) is 0 Å². The number of aromatic nitrogens is 1. The highest BCUT2D eigenvalue weighted by Crippen LogP contribution is 2.32. The van der Waals surface area contributed by atoms with Gasteiger partial charge in [-0.1, -0.05) is 42.2 Å². The number of Topliss-reactive ketones (excluding diaryl/α,β-unsaturated/α-hetero) is 2. The molecule has 32 heavy (non-hydrogen) atoms. The lowest BCUT2D eigenvalue weighted by Crippen LogP contribution is -2.33. The average Bonchev–Trinajstić information content (AvgIpc) is 3.01. The van der Waals surface area contributed by atoms with Crippen LogP contribution in [0.15, 0.2) is 95.4 Å². The van der Waals surface area contributed by atoms with Gasteiger partial charge in [0.25, 0.3) is 0 Å². The number of pyridine rings is 1. The van der Waals surface area contributed by atoms with Gasteiger partial charge in [-0.05, 0) is 35.9 Å². The number of ketones is 2. The maximum absolute atomic E-state index is 13.1. The Morgan fingerprint density at radius 3 is 2.47 bits per heavy atom. The number of para-hydroxylation sites is 2. The number of nitrogens with zero attached hydrogens (tertiary/aromatic N) is 2. The maximum atomic E-state index is 13.1. The molecule has 0 N–H and O–H groups in total. The molecule has 0 amide bonds. The van der Waals surface area contributed by atoms with E-state index in [1.807, 2.05) is 96.4 Å². The highest BCUT2D eigenvalue weighted by atomic mass is 16.3. The van der Waals surface area contributed by atoms with Gasteiger partial charge in [0.2, 0.25) is 22.8 Å². The first kappa shape index (κ1) is 19.7. The van der Waals surface area contributed by atoms with E-state index in [0.717, 1.165) is 22.2 Å². The van der Waals surface area contributed by atoms with Gasteiger partial charge < -0.3 is 10.0 Å². The normalized spacial score (nSPS) is 18.4. The zero-order valence-electron chi connectivity index (χ0n) is 17.7. The van der Waals surface area contributed by atoms with Crippen molar-refractivity contribution in [3.05, 3.63) is 107 Å². The van der Waals surface area contributed by atoms with Crippen molar-refractivity contribution in [2.45, 2.75) is 0 Å². The van der Waals surface area contributed by atoms with Gasteiger partial charge in [-0.3, -0.25) is 9.59 Å². The fourth-order valence-corrected chi connectivity index (χ4v) is 4.16. The lowest BCUT2D eigenvalue weighted by atomic mass is 10.0. The first-order valence-electron chi connectivity index (χ1n) is 10.3. The molecule has 1 aromatic heterocycles. The zero-order valence-corrected chi connectivity index (χ0v) is 17.7. The number of aryl methyl sites for hydroxylation is 1. The molecule has 0 saturated heterocycles. The van der Waals surface area contributed by atoms with Crippen LogP contribution in [0.2, 0.25) is 0 Å². The lowest BCUT2D eigenvalue weighted by molar-refractivity contribution is -0.646. The van der Waals surface area contributed by atoms with E-state index in [4.69, 9.17) is 0 Å². The molecule has 0 radical (unpaired) electrons. The number of hydrogen-bond acceptors (Lipinski definition) is 4. The van der Waals surface area contributed by atoms with Crippen LogP contribution in [0.1, 0.15) is 11.3 Å². The molecular weight excluding hydrogens is 400 g/mol. The van der Waals surface area contributed by atoms with Crippen molar-refractivity contribution in [1.82, 2.24) is 0 Å². The quantitative estimate of drug-likeness (QED) is 0.363. The summed E-state index contributed by atoms with van der Waals surface area (Å²) in [5, 5.41) is 14.1. The lowest BCUT2D eigenvalue weighted by Gasteiger charge is -2.26.